The van der Waals surface area contributed by atoms with Crippen LogP contribution in [-0.4, -0.2) is 48.1 Å². The van der Waals surface area contributed by atoms with Gasteiger partial charge in [0, 0.05) is 17.7 Å². The first kappa shape index (κ1) is 20.9. The van der Waals surface area contributed by atoms with Gasteiger partial charge in [0.15, 0.2) is 11.5 Å². The SMILES string of the molecule is C=CCOc1ccc(/C=C2\C(=O)N(CCC(=O)O)C(=O)c3ccccc32)cc1OC. The fourth-order valence-electron chi connectivity index (χ4n) is 3.16. The summed E-state index contributed by atoms with van der Waals surface area (Å²) in [7, 11) is 1.51. The summed E-state index contributed by atoms with van der Waals surface area (Å²) in [6.45, 7) is 3.74. The van der Waals surface area contributed by atoms with Gasteiger partial charge >= 0.3 is 5.97 Å². The van der Waals surface area contributed by atoms with E-state index in [0.29, 0.717) is 40.4 Å². The molecule has 0 spiro atoms. The maximum absolute atomic E-state index is 13.1. The van der Waals surface area contributed by atoms with Gasteiger partial charge in [-0.25, -0.2) is 0 Å². The van der Waals surface area contributed by atoms with E-state index < -0.39 is 17.8 Å². The van der Waals surface area contributed by atoms with Crippen molar-refractivity contribution in [2.75, 3.05) is 20.3 Å². The molecule has 0 fully saturated rings. The van der Waals surface area contributed by atoms with Gasteiger partial charge in [-0.1, -0.05) is 36.9 Å². The smallest absolute Gasteiger partial charge is 0.305 e. The molecule has 1 aliphatic rings. The second-order valence-corrected chi connectivity index (χ2v) is 6.52. The van der Waals surface area contributed by atoms with Gasteiger partial charge in [-0.3, -0.25) is 19.3 Å². The molecule has 0 saturated heterocycles. The molecule has 154 valence electrons. The number of aliphatic carboxylic acids is 1. The van der Waals surface area contributed by atoms with Crippen LogP contribution in [-0.2, 0) is 9.59 Å². The summed E-state index contributed by atoms with van der Waals surface area (Å²) in [5.74, 6) is -1.10. The predicted molar refractivity (Wildman–Crippen MR) is 111 cm³/mol. The molecule has 7 nitrogen and oxygen atoms in total. The van der Waals surface area contributed by atoms with Crippen LogP contribution in [0.2, 0.25) is 0 Å². The van der Waals surface area contributed by atoms with Gasteiger partial charge in [0.1, 0.15) is 6.61 Å². The molecule has 1 heterocycles. The van der Waals surface area contributed by atoms with E-state index in [0.717, 1.165) is 4.90 Å². The lowest BCUT2D eigenvalue weighted by atomic mass is 9.92. The lowest BCUT2D eigenvalue weighted by molar-refractivity contribution is -0.137. The predicted octanol–water partition coefficient (Wildman–Crippen LogP) is 3.26. The van der Waals surface area contributed by atoms with E-state index in [2.05, 4.69) is 6.58 Å². The molecule has 2 aromatic rings. The molecule has 0 unspecified atom stereocenters. The Hall–Kier alpha value is -3.87. The fourth-order valence-corrected chi connectivity index (χ4v) is 3.16. The van der Waals surface area contributed by atoms with Crippen molar-refractivity contribution in [3.05, 3.63) is 71.8 Å². The minimum absolute atomic E-state index is 0.198. The number of hydrogen-bond donors (Lipinski definition) is 1. The highest BCUT2D eigenvalue weighted by Gasteiger charge is 2.34. The normalized spacial score (nSPS) is 14.4. The van der Waals surface area contributed by atoms with Crippen LogP contribution in [0.25, 0.3) is 11.6 Å². The highest BCUT2D eigenvalue weighted by molar-refractivity contribution is 6.33. The maximum Gasteiger partial charge on any atom is 0.305 e. The van der Waals surface area contributed by atoms with Crippen LogP contribution in [0.1, 0.15) is 27.9 Å². The van der Waals surface area contributed by atoms with E-state index in [9.17, 15) is 14.4 Å². The van der Waals surface area contributed by atoms with Crippen molar-refractivity contribution < 1.29 is 29.0 Å². The molecule has 1 N–H and O–H groups in total. The fraction of sp³-hybridized carbons (Fsp3) is 0.174. The average molecular weight is 407 g/mol. The number of rotatable bonds is 8. The molecular weight excluding hydrogens is 386 g/mol. The molecule has 0 radical (unpaired) electrons. The number of carboxylic acids is 1. The third-order valence-corrected chi connectivity index (χ3v) is 4.57. The number of fused-ring (bicyclic) bond motifs is 1. The Labute approximate surface area is 173 Å². The monoisotopic (exact) mass is 407 g/mol. The highest BCUT2D eigenvalue weighted by Crippen LogP contribution is 2.33. The largest absolute Gasteiger partial charge is 0.493 e. The molecule has 30 heavy (non-hydrogen) atoms. The van der Waals surface area contributed by atoms with Gasteiger partial charge in [-0.2, -0.15) is 0 Å². The van der Waals surface area contributed by atoms with Gasteiger partial charge < -0.3 is 14.6 Å². The van der Waals surface area contributed by atoms with Crippen molar-refractivity contribution in [1.82, 2.24) is 4.90 Å². The number of amides is 2. The molecule has 2 aromatic carbocycles. The van der Waals surface area contributed by atoms with Crippen LogP contribution < -0.4 is 9.47 Å². The first-order valence-electron chi connectivity index (χ1n) is 9.27. The van der Waals surface area contributed by atoms with Crippen molar-refractivity contribution in [3.8, 4) is 11.5 Å². The molecule has 7 heteroatoms. The van der Waals surface area contributed by atoms with Gasteiger partial charge in [-0.05, 0) is 35.4 Å². The Bertz CT molecular complexity index is 1040. The zero-order chi connectivity index (χ0) is 21.7. The van der Waals surface area contributed by atoms with Crippen LogP contribution in [0.4, 0.5) is 0 Å². The summed E-state index contributed by atoms with van der Waals surface area (Å²) in [6.07, 6.45) is 2.95. The quantitative estimate of drug-likeness (QED) is 0.410. The molecule has 3 rings (SSSR count). The molecule has 0 aliphatic carbocycles. The Morgan fingerprint density at radius 3 is 2.50 bits per heavy atom. The Morgan fingerprint density at radius 1 is 1.10 bits per heavy atom. The average Bonchev–Trinajstić information content (AvgIpc) is 2.75. The van der Waals surface area contributed by atoms with Crippen molar-refractivity contribution >= 4 is 29.4 Å². The van der Waals surface area contributed by atoms with Crippen molar-refractivity contribution in [2.24, 2.45) is 0 Å². The van der Waals surface area contributed by atoms with Gasteiger partial charge in [0.25, 0.3) is 11.8 Å². The molecule has 2 amide bonds. The van der Waals surface area contributed by atoms with Crippen LogP contribution in [0.5, 0.6) is 11.5 Å². The molecule has 0 bridgehead atoms. The van der Waals surface area contributed by atoms with Gasteiger partial charge in [0.2, 0.25) is 0 Å². The Balaban J connectivity index is 2.04. The number of carbonyl (C=O) groups excluding carboxylic acids is 2. The van der Waals surface area contributed by atoms with Crippen LogP contribution in [0.15, 0.2) is 55.1 Å². The van der Waals surface area contributed by atoms with E-state index >= 15 is 0 Å². The molecular formula is C23H21NO6. The van der Waals surface area contributed by atoms with E-state index in [1.807, 2.05) is 0 Å². The summed E-state index contributed by atoms with van der Waals surface area (Å²) in [6, 6.07) is 12.0. The third-order valence-electron chi connectivity index (χ3n) is 4.57. The van der Waals surface area contributed by atoms with Crippen LogP contribution in [0, 0.1) is 0 Å². The number of benzene rings is 2. The van der Waals surface area contributed by atoms with E-state index in [-0.39, 0.29) is 13.0 Å². The number of imide groups is 1. The van der Waals surface area contributed by atoms with Crippen molar-refractivity contribution in [2.45, 2.75) is 6.42 Å². The number of carboxylic acid groups (broad SMARTS) is 1. The lowest BCUT2D eigenvalue weighted by Gasteiger charge is -2.28. The van der Waals surface area contributed by atoms with Crippen LogP contribution >= 0.6 is 0 Å². The second-order valence-electron chi connectivity index (χ2n) is 6.52. The number of carbonyl (C=O) groups is 3. The summed E-state index contributed by atoms with van der Waals surface area (Å²) in [5.41, 5.74) is 1.83. The molecule has 0 aromatic heterocycles. The molecule has 0 saturated carbocycles. The van der Waals surface area contributed by atoms with Crippen LogP contribution in [0.3, 0.4) is 0 Å². The van der Waals surface area contributed by atoms with E-state index in [1.165, 1.54) is 7.11 Å². The van der Waals surface area contributed by atoms with Crippen molar-refractivity contribution in [3.63, 3.8) is 0 Å². The van der Waals surface area contributed by atoms with Crippen molar-refractivity contribution in [1.29, 1.82) is 0 Å². The topological polar surface area (TPSA) is 93.1 Å². The summed E-state index contributed by atoms with van der Waals surface area (Å²) in [4.78, 5) is 37.7. The van der Waals surface area contributed by atoms with E-state index in [1.54, 1.807) is 54.6 Å². The Morgan fingerprint density at radius 2 is 1.83 bits per heavy atom. The maximum atomic E-state index is 13.1. The Kier molecular flexibility index (Phi) is 6.32. The first-order chi connectivity index (χ1) is 14.5. The minimum Gasteiger partial charge on any atom is -0.493 e. The standard InChI is InChI=1S/C23H21NO6/c1-3-12-30-19-9-8-15(14-20(19)29-2)13-18-16-6-4-5-7-17(16)22(27)24(23(18)28)11-10-21(25)26/h3-9,13-14H,1,10-12H2,2H3,(H,25,26)/b18-13-. The van der Waals surface area contributed by atoms with Gasteiger partial charge in [0.05, 0.1) is 13.5 Å². The van der Waals surface area contributed by atoms with E-state index in [4.69, 9.17) is 14.6 Å². The first-order valence-corrected chi connectivity index (χ1v) is 9.27. The highest BCUT2D eigenvalue weighted by atomic mass is 16.5. The number of nitrogens with zero attached hydrogens (tertiary/aromatic N) is 1. The minimum atomic E-state index is -1.08. The number of ether oxygens (including phenoxy) is 2. The summed E-state index contributed by atoms with van der Waals surface area (Å²) >= 11 is 0. The number of hydrogen-bond acceptors (Lipinski definition) is 5. The summed E-state index contributed by atoms with van der Waals surface area (Å²) < 4.78 is 10.9. The second kappa shape index (κ2) is 9.09. The molecule has 1 aliphatic heterocycles. The lowest BCUT2D eigenvalue weighted by Crippen LogP contribution is -2.42. The molecule has 0 atom stereocenters. The number of methoxy groups -OCH3 is 1. The summed E-state index contributed by atoms with van der Waals surface area (Å²) in [5, 5.41) is 8.96. The zero-order valence-electron chi connectivity index (χ0n) is 16.5. The van der Waals surface area contributed by atoms with Gasteiger partial charge in [-0.15, -0.1) is 0 Å². The zero-order valence-corrected chi connectivity index (χ0v) is 16.5. The third kappa shape index (κ3) is 4.25.